The minimum absolute atomic E-state index is 0.00643. The molecule has 0 heterocycles. The largest absolute Gasteiger partial charge is 0.396 e. The summed E-state index contributed by atoms with van der Waals surface area (Å²) in [6, 6.07) is 5.77. The van der Waals surface area contributed by atoms with Crippen LogP contribution < -0.4 is 5.73 Å². The lowest BCUT2D eigenvalue weighted by Crippen LogP contribution is -2.11. The van der Waals surface area contributed by atoms with Gasteiger partial charge in [-0.3, -0.25) is 0 Å². The first kappa shape index (κ1) is 11.6. The molecule has 1 aromatic rings. The van der Waals surface area contributed by atoms with Crippen molar-refractivity contribution in [2.24, 2.45) is 5.73 Å². The van der Waals surface area contributed by atoms with Gasteiger partial charge in [-0.25, -0.2) is 4.39 Å². The quantitative estimate of drug-likeness (QED) is 0.787. The van der Waals surface area contributed by atoms with Crippen molar-refractivity contribution in [2.45, 2.75) is 18.9 Å². The smallest absolute Gasteiger partial charge is 0.140 e. The molecular weight excluding hydrogens is 195 g/mol. The minimum atomic E-state index is -0.532. The molecule has 0 amide bonds. The summed E-state index contributed by atoms with van der Waals surface area (Å²) in [6.45, 7) is 0.0833. The van der Waals surface area contributed by atoms with Crippen LogP contribution in [0.2, 0.25) is 0 Å². The molecule has 0 aromatic heterocycles. The van der Waals surface area contributed by atoms with Crippen molar-refractivity contribution in [2.75, 3.05) is 6.61 Å². The van der Waals surface area contributed by atoms with Gasteiger partial charge in [-0.2, -0.15) is 5.26 Å². The molecule has 0 aliphatic rings. The van der Waals surface area contributed by atoms with E-state index >= 15 is 0 Å². The fourth-order valence-electron chi connectivity index (χ4n) is 1.34. The topological polar surface area (TPSA) is 70.0 Å². The zero-order valence-electron chi connectivity index (χ0n) is 8.28. The molecule has 0 bridgehead atoms. The Balaban J connectivity index is 2.82. The SMILES string of the molecule is N#Cc1cc([C@H](N)CCCO)ccc1F. The van der Waals surface area contributed by atoms with E-state index < -0.39 is 5.82 Å². The minimum Gasteiger partial charge on any atom is -0.396 e. The monoisotopic (exact) mass is 208 g/mol. The van der Waals surface area contributed by atoms with Crippen LogP contribution in [0.3, 0.4) is 0 Å². The average Bonchev–Trinajstić information content (AvgIpc) is 2.26. The highest BCUT2D eigenvalue weighted by molar-refractivity contribution is 5.35. The van der Waals surface area contributed by atoms with Gasteiger partial charge in [0.25, 0.3) is 0 Å². The van der Waals surface area contributed by atoms with Crippen molar-refractivity contribution in [1.82, 2.24) is 0 Å². The molecule has 0 saturated heterocycles. The van der Waals surface area contributed by atoms with Crippen molar-refractivity contribution in [1.29, 1.82) is 5.26 Å². The molecular formula is C11H13FN2O. The zero-order valence-corrected chi connectivity index (χ0v) is 8.28. The van der Waals surface area contributed by atoms with E-state index in [2.05, 4.69) is 0 Å². The van der Waals surface area contributed by atoms with Gasteiger partial charge in [-0.15, -0.1) is 0 Å². The van der Waals surface area contributed by atoms with Crippen LogP contribution >= 0.6 is 0 Å². The Morgan fingerprint density at radius 2 is 2.27 bits per heavy atom. The molecule has 0 unspecified atom stereocenters. The second-order valence-corrected chi connectivity index (χ2v) is 3.32. The molecule has 1 rings (SSSR count). The predicted molar refractivity (Wildman–Crippen MR) is 54.4 cm³/mol. The lowest BCUT2D eigenvalue weighted by atomic mass is 10.0. The summed E-state index contributed by atoms with van der Waals surface area (Å²) in [4.78, 5) is 0. The van der Waals surface area contributed by atoms with Gasteiger partial charge in [0.2, 0.25) is 0 Å². The number of nitrogens with zero attached hydrogens (tertiary/aromatic N) is 1. The van der Waals surface area contributed by atoms with E-state index in [4.69, 9.17) is 16.1 Å². The van der Waals surface area contributed by atoms with Crippen LogP contribution in [0.1, 0.15) is 30.0 Å². The summed E-state index contributed by atoms with van der Waals surface area (Å²) >= 11 is 0. The number of hydrogen-bond donors (Lipinski definition) is 2. The van der Waals surface area contributed by atoms with E-state index in [1.807, 2.05) is 0 Å². The van der Waals surface area contributed by atoms with Gasteiger partial charge in [0, 0.05) is 12.6 Å². The highest BCUT2D eigenvalue weighted by Gasteiger charge is 2.08. The van der Waals surface area contributed by atoms with E-state index in [9.17, 15) is 4.39 Å². The van der Waals surface area contributed by atoms with E-state index in [1.165, 1.54) is 12.1 Å². The maximum absolute atomic E-state index is 13.0. The highest BCUT2D eigenvalue weighted by atomic mass is 19.1. The van der Waals surface area contributed by atoms with Crippen molar-refractivity contribution in [3.63, 3.8) is 0 Å². The third-order valence-electron chi connectivity index (χ3n) is 2.21. The van der Waals surface area contributed by atoms with Crippen molar-refractivity contribution < 1.29 is 9.50 Å². The van der Waals surface area contributed by atoms with Crippen molar-refractivity contribution in [3.05, 3.63) is 35.1 Å². The third-order valence-corrected chi connectivity index (χ3v) is 2.21. The number of aliphatic hydroxyl groups is 1. The Labute approximate surface area is 87.9 Å². The number of halogens is 1. The summed E-state index contributed by atoms with van der Waals surface area (Å²) in [7, 11) is 0. The van der Waals surface area contributed by atoms with E-state index in [0.29, 0.717) is 12.8 Å². The first-order valence-electron chi connectivity index (χ1n) is 4.75. The molecule has 3 nitrogen and oxygen atoms in total. The van der Waals surface area contributed by atoms with Crippen molar-refractivity contribution in [3.8, 4) is 6.07 Å². The molecule has 0 saturated carbocycles. The first-order valence-corrected chi connectivity index (χ1v) is 4.75. The van der Waals surface area contributed by atoms with Crippen LogP contribution in [-0.2, 0) is 0 Å². The van der Waals surface area contributed by atoms with Gasteiger partial charge in [-0.1, -0.05) is 6.07 Å². The Kier molecular flexibility index (Phi) is 4.22. The lowest BCUT2D eigenvalue weighted by molar-refractivity contribution is 0.280. The molecule has 0 aliphatic carbocycles. The Hall–Kier alpha value is -1.44. The first-order chi connectivity index (χ1) is 7.19. The number of nitriles is 1. The molecule has 0 radical (unpaired) electrons. The van der Waals surface area contributed by atoms with Crippen LogP contribution in [-0.4, -0.2) is 11.7 Å². The van der Waals surface area contributed by atoms with Crippen LogP contribution in [0.5, 0.6) is 0 Å². The Morgan fingerprint density at radius 3 is 2.87 bits per heavy atom. The number of aliphatic hydroxyl groups excluding tert-OH is 1. The standard InChI is InChI=1S/C11H13FN2O/c12-10-4-3-8(6-9(10)7-13)11(14)2-1-5-15/h3-4,6,11,15H,1-2,5,14H2/t11-/m1/s1. The molecule has 4 heteroatoms. The van der Waals surface area contributed by atoms with E-state index in [0.717, 1.165) is 5.56 Å². The Bertz CT molecular complexity index is 373. The maximum atomic E-state index is 13.0. The summed E-state index contributed by atoms with van der Waals surface area (Å²) in [5.41, 5.74) is 6.54. The normalized spacial score (nSPS) is 12.1. The van der Waals surface area contributed by atoms with Gasteiger partial charge in [0.05, 0.1) is 5.56 Å². The second kappa shape index (κ2) is 5.44. The van der Waals surface area contributed by atoms with Gasteiger partial charge in [0.15, 0.2) is 0 Å². The molecule has 0 fully saturated rings. The van der Waals surface area contributed by atoms with Crippen LogP contribution in [0.25, 0.3) is 0 Å². The molecule has 3 N–H and O–H groups in total. The molecule has 80 valence electrons. The van der Waals surface area contributed by atoms with Gasteiger partial charge < -0.3 is 10.8 Å². The molecule has 0 aliphatic heterocycles. The van der Waals surface area contributed by atoms with Crippen LogP contribution in [0, 0.1) is 17.1 Å². The fourth-order valence-corrected chi connectivity index (χ4v) is 1.34. The second-order valence-electron chi connectivity index (χ2n) is 3.32. The number of hydrogen-bond acceptors (Lipinski definition) is 3. The zero-order chi connectivity index (χ0) is 11.3. The number of nitrogens with two attached hydrogens (primary N) is 1. The molecule has 1 atom stereocenters. The maximum Gasteiger partial charge on any atom is 0.140 e. The van der Waals surface area contributed by atoms with Crippen LogP contribution in [0.15, 0.2) is 18.2 Å². The van der Waals surface area contributed by atoms with E-state index in [1.54, 1.807) is 12.1 Å². The molecule has 0 spiro atoms. The van der Waals surface area contributed by atoms with Gasteiger partial charge in [0.1, 0.15) is 11.9 Å². The summed E-state index contributed by atoms with van der Waals surface area (Å²) in [5, 5.41) is 17.3. The summed E-state index contributed by atoms with van der Waals surface area (Å²) < 4.78 is 13.0. The highest BCUT2D eigenvalue weighted by Crippen LogP contribution is 2.18. The molecule has 15 heavy (non-hydrogen) atoms. The van der Waals surface area contributed by atoms with E-state index in [-0.39, 0.29) is 18.2 Å². The Morgan fingerprint density at radius 1 is 1.53 bits per heavy atom. The average molecular weight is 208 g/mol. The third kappa shape index (κ3) is 3.01. The fraction of sp³-hybridized carbons (Fsp3) is 0.364. The predicted octanol–water partition coefficient (Wildman–Crippen LogP) is 1.47. The lowest BCUT2D eigenvalue weighted by Gasteiger charge is -2.11. The van der Waals surface area contributed by atoms with Crippen LogP contribution in [0.4, 0.5) is 4.39 Å². The number of benzene rings is 1. The summed E-state index contributed by atoms with van der Waals surface area (Å²) in [5.74, 6) is -0.532. The van der Waals surface area contributed by atoms with Gasteiger partial charge >= 0.3 is 0 Å². The van der Waals surface area contributed by atoms with Gasteiger partial charge in [-0.05, 0) is 30.5 Å². The molecule has 1 aromatic carbocycles. The van der Waals surface area contributed by atoms with Crippen molar-refractivity contribution >= 4 is 0 Å². The number of rotatable bonds is 4. The summed E-state index contributed by atoms with van der Waals surface area (Å²) in [6.07, 6.45) is 1.22.